The maximum Gasteiger partial charge on any atom is 0.295 e. The van der Waals surface area contributed by atoms with Crippen molar-refractivity contribution in [1.82, 2.24) is 9.80 Å². The van der Waals surface area contributed by atoms with Gasteiger partial charge in [0.25, 0.3) is 11.7 Å². The van der Waals surface area contributed by atoms with Crippen molar-refractivity contribution in [3.05, 3.63) is 69.7 Å². The lowest BCUT2D eigenvalue weighted by Gasteiger charge is -2.28. The molecule has 1 N–H and O–H groups in total. The maximum absolute atomic E-state index is 13.2. The highest BCUT2D eigenvalue weighted by Crippen LogP contribution is 2.39. The minimum atomic E-state index is -0.664. The van der Waals surface area contributed by atoms with Crippen molar-refractivity contribution >= 4 is 33.4 Å². The second-order valence-electron chi connectivity index (χ2n) is 8.65. The van der Waals surface area contributed by atoms with Gasteiger partial charge in [-0.15, -0.1) is 0 Å². The topological polar surface area (TPSA) is 70.1 Å². The number of nitrogens with zero attached hydrogens (tertiary/aromatic N) is 2. The molecule has 1 atom stereocenters. The largest absolute Gasteiger partial charge is 0.507 e. The zero-order chi connectivity index (χ0) is 25.4. The molecule has 1 unspecified atom stereocenters. The molecule has 3 rings (SSSR count). The number of Topliss-reactive ketones (excluding diaryl/α,β-unsaturated/α-hetero) is 1. The van der Waals surface area contributed by atoms with Crippen LogP contribution in [0.2, 0.25) is 0 Å². The minimum absolute atomic E-state index is 0.119. The van der Waals surface area contributed by atoms with E-state index < -0.39 is 17.7 Å². The minimum Gasteiger partial charge on any atom is -0.507 e. The number of halogens is 1. The standard InChI is InChI=1S/C28H35BrN2O4/c1-4-7-8-19-35-23-15-11-20(12-16-23)25-24(26(32)21-9-13-22(29)14-10-21)27(33)28(34)31(25)18-17-30(5-2)6-3/h9-16,25,32H,4-8,17-19H2,1-3H3. The first-order chi connectivity index (χ1) is 16.9. The van der Waals surface area contributed by atoms with E-state index in [1.54, 1.807) is 29.2 Å². The molecule has 1 saturated heterocycles. The molecule has 0 bridgehead atoms. The van der Waals surface area contributed by atoms with Crippen molar-refractivity contribution in [3.63, 3.8) is 0 Å². The average molecular weight is 544 g/mol. The van der Waals surface area contributed by atoms with Crippen molar-refractivity contribution in [1.29, 1.82) is 0 Å². The fourth-order valence-electron chi connectivity index (χ4n) is 4.30. The number of unbranched alkanes of at least 4 members (excludes halogenated alkanes) is 2. The third kappa shape index (κ3) is 6.53. The van der Waals surface area contributed by atoms with Gasteiger partial charge in [-0.25, -0.2) is 0 Å². The van der Waals surface area contributed by atoms with Crippen molar-refractivity contribution in [2.24, 2.45) is 0 Å². The molecule has 1 aliphatic heterocycles. The van der Waals surface area contributed by atoms with Crippen molar-refractivity contribution < 1.29 is 19.4 Å². The van der Waals surface area contributed by atoms with Crippen LogP contribution in [-0.4, -0.2) is 59.4 Å². The lowest BCUT2D eigenvalue weighted by molar-refractivity contribution is -0.140. The quantitative estimate of drug-likeness (QED) is 0.159. The number of carbonyl (C=O) groups is 2. The fraction of sp³-hybridized carbons (Fsp3) is 0.429. The van der Waals surface area contributed by atoms with Crippen molar-refractivity contribution in [2.75, 3.05) is 32.8 Å². The molecule has 6 nitrogen and oxygen atoms in total. The van der Waals surface area contributed by atoms with Gasteiger partial charge in [-0.1, -0.05) is 73.8 Å². The Hall–Kier alpha value is -2.64. The zero-order valence-electron chi connectivity index (χ0n) is 20.8. The first-order valence-electron chi connectivity index (χ1n) is 12.4. The molecule has 0 spiro atoms. The Balaban J connectivity index is 1.97. The number of amides is 1. The van der Waals surface area contributed by atoms with E-state index in [0.717, 1.165) is 48.1 Å². The number of carbonyl (C=O) groups excluding carboxylic acids is 2. The van der Waals surface area contributed by atoms with E-state index in [4.69, 9.17) is 4.74 Å². The first kappa shape index (κ1) is 27.0. The molecule has 1 amide bonds. The van der Waals surface area contributed by atoms with E-state index in [1.807, 2.05) is 24.3 Å². The number of likely N-dealkylation sites (N-methyl/N-ethyl adjacent to an activating group) is 1. The maximum atomic E-state index is 13.2. The van der Waals surface area contributed by atoms with Crippen LogP contribution in [0.25, 0.3) is 5.76 Å². The predicted octanol–water partition coefficient (Wildman–Crippen LogP) is 5.78. The number of ketones is 1. The number of aliphatic hydroxyl groups is 1. The van der Waals surface area contributed by atoms with Crippen LogP contribution in [-0.2, 0) is 9.59 Å². The van der Waals surface area contributed by atoms with Gasteiger partial charge in [-0.2, -0.15) is 0 Å². The summed E-state index contributed by atoms with van der Waals surface area (Å²) >= 11 is 3.39. The number of aliphatic hydroxyl groups excluding tert-OH is 1. The Morgan fingerprint density at radius 2 is 1.66 bits per heavy atom. The van der Waals surface area contributed by atoms with Crippen LogP contribution in [0.4, 0.5) is 0 Å². The average Bonchev–Trinajstić information content (AvgIpc) is 3.12. The van der Waals surface area contributed by atoms with E-state index in [1.165, 1.54) is 0 Å². The summed E-state index contributed by atoms with van der Waals surface area (Å²) in [5.74, 6) is -0.653. The normalized spacial score (nSPS) is 17.4. The van der Waals surface area contributed by atoms with E-state index in [2.05, 4.69) is 41.6 Å². The summed E-state index contributed by atoms with van der Waals surface area (Å²) in [5, 5.41) is 11.2. The lowest BCUT2D eigenvalue weighted by atomic mass is 9.95. The van der Waals surface area contributed by atoms with Gasteiger partial charge in [0.2, 0.25) is 0 Å². The fourth-order valence-corrected chi connectivity index (χ4v) is 4.56. The summed E-state index contributed by atoms with van der Waals surface area (Å²) in [4.78, 5) is 30.1. The Labute approximate surface area is 216 Å². The van der Waals surface area contributed by atoms with Crippen LogP contribution in [0.1, 0.15) is 57.2 Å². The monoisotopic (exact) mass is 542 g/mol. The summed E-state index contributed by atoms with van der Waals surface area (Å²) in [6, 6.07) is 13.9. The highest BCUT2D eigenvalue weighted by Gasteiger charge is 2.45. The van der Waals surface area contributed by atoms with Crippen LogP contribution < -0.4 is 4.74 Å². The molecular formula is C28H35BrN2O4. The molecule has 0 aromatic heterocycles. The van der Waals surface area contributed by atoms with Crippen LogP contribution in [0, 0.1) is 0 Å². The Bertz CT molecular complexity index is 1030. The zero-order valence-corrected chi connectivity index (χ0v) is 22.4. The van der Waals surface area contributed by atoms with Crippen LogP contribution in [0.5, 0.6) is 5.75 Å². The summed E-state index contributed by atoms with van der Waals surface area (Å²) in [5.41, 5.74) is 1.38. The van der Waals surface area contributed by atoms with Crippen molar-refractivity contribution in [2.45, 2.75) is 46.1 Å². The summed E-state index contributed by atoms with van der Waals surface area (Å²) in [6.07, 6.45) is 3.25. The van der Waals surface area contributed by atoms with E-state index in [9.17, 15) is 14.7 Å². The molecular weight excluding hydrogens is 508 g/mol. The molecule has 1 heterocycles. The molecule has 2 aromatic rings. The number of hydrogen-bond acceptors (Lipinski definition) is 5. The third-order valence-electron chi connectivity index (χ3n) is 6.42. The van der Waals surface area contributed by atoms with Gasteiger partial charge in [-0.3, -0.25) is 9.59 Å². The number of benzene rings is 2. The summed E-state index contributed by atoms with van der Waals surface area (Å²) < 4.78 is 6.70. The summed E-state index contributed by atoms with van der Waals surface area (Å²) in [7, 11) is 0. The Kier molecular flexibility index (Phi) is 9.93. The number of rotatable bonds is 12. The number of hydrogen-bond donors (Lipinski definition) is 1. The van der Waals surface area contributed by atoms with E-state index in [0.29, 0.717) is 25.3 Å². The summed E-state index contributed by atoms with van der Waals surface area (Å²) in [6.45, 7) is 9.70. The van der Waals surface area contributed by atoms with E-state index >= 15 is 0 Å². The Morgan fingerprint density at radius 1 is 1.00 bits per heavy atom. The molecule has 1 fully saturated rings. The van der Waals surface area contributed by atoms with Gasteiger partial charge in [0, 0.05) is 23.1 Å². The van der Waals surface area contributed by atoms with Gasteiger partial charge < -0.3 is 19.6 Å². The SMILES string of the molecule is CCCCCOc1ccc(C2C(=C(O)c3ccc(Br)cc3)C(=O)C(=O)N2CCN(CC)CC)cc1. The lowest BCUT2D eigenvalue weighted by Crippen LogP contribution is -2.38. The van der Waals surface area contributed by atoms with Gasteiger partial charge in [0.15, 0.2) is 0 Å². The molecule has 0 radical (unpaired) electrons. The van der Waals surface area contributed by atoms with Gasteiger partial charge in [-0.05, 0) is 49.3 Å². The van der Waals surface area contributed by atoms with Gasteiger partial charge in [0.1, 0.15) is 11.5 Å². The van der Waals surface area contributed by atoms with Crippen molar-refractivity contribution in [3.8, 4) is 5.75 Å². The second-order valence-corrected chi connectivity index (χ2v) is 9.57. The molecule has 35 heavy (non-hydrogen) atoms. The van der Waals surface area contributed by atoms with Gasteiger partial charge >= 0.3 is 0 Å². The molecule has 0 saturated carbocycles. The first-order valence-corrected chi connectivity index (χ1v) is 13.2. The van der Waals surface area contributed by atoms with Crippen LogP contribution in [0.15, 0.2) is 58.6 Å². The second kappa shape index (κ2) is 12.9. The molecule has 7 heteroatoms. The number of ether oxygens (including phenoxy) is 1. The van der Waals surface area contributed by atoms with Crippen LogP contribution in [0.3, 0.4) is 0 Å². The molecule has 188 valence electrons. The highest BCUT2D eigenvalue weighted by molar-refractivity contribution is 9.10. The van der Waals surface area contributed by atoms with Crippen LogP contribution >= 0.6 is 15.9 Å². The highest BCUT2D eigenvalue weighted by atomic mass is 79.9. The smallest absolute Gasteiger partial charge is 0.295 e. The Morgan fingerprint density at radius 3 is 2.26 bits per heavy atom. The van der Waals surface area contributed by atoms with Gasteiger partial charge in [0.05, 0.1) is 18.2 Å². The third-order valence-corrected chi connectivity index (χ3v) is 6.95. The molecule has 2 aromatic carbocycles. The number of likely N-dealkylation sites (tertiary alicyclic amines) is 1. The predicted molar refractivity (Wildman–Crippen MR) is 142 cm³/mol. The molecule has 0 aliphatic carbocycles. The molecule has 1 aliphatic rings. The van der Waals surface area contributed by atoms with E-state index in [-0.39, 0.29) is 11.3 Å².